The van der Waals surface area contributed by atoms with Gasteiger partial charge in [-0.25, -0.2) is 0 Å². The van der Waals surface area contributed by atoms with Crippen LogP contribution >= 0.6 is 0 Å². The van der Waals surface area contributed by atoms with Crippen LogP contribution in [-0.2, 0) is 7.05 Å². The number of carbonyl (C=O) groups is 1. The van der Waals surface area contributed by atoms with Gasteiger partial charge in [0.25, 0.3) is 11.6 Å². The number of carbonyl (C=O) groups excluding carboxylic acids is 1. The third-order valence-corrected chi connectivity index (χ3v) is 2.57. The molecule has 2 aromatic rings. The van der Waals surface area contributed by atoms with Gasteiger partial charge in [-0.2, -0.15) is 5.10 Å². The zero-order valence-electron chi connectivity index (χ0n) is 10.5. The Balaban J connectivity index is 2.21. The lowest BCUT2D eigenvalue weighted by Gasteiger charge is -2.03. The van der Waals surface area contributed by atoms with Crippen molar-refractivity contribution in [3.05, 3.63) is 51.8 Å². The first-order valence-electron chi connectivity index (χ1n) is 5.53. The van der Waals surface area contributed by atoms with E-state index in [0.717, 1.165) is 0 Å². The lowest BCUT2D eigenvalue weighted by atomic mass is 10.2. The second kappa shape index (κ2) is 4.89. The summed E-state index contributed by atoms with van der Waals surface area (Å²) in [4.78, 5) is 22.1. The second-order valence-electron chi connectivity index (χ2n) is 4.06. The highest BCUT2D eigenvalue weighted by molar-refractivity contribution is 6.05. The number of aryl methyl sites for hydroxylation is 2. The summed E-state index contributed by atoms with van der Waals surface area (Å²) in [7, 11) is 1.72. The molecule has 0 aliphatic carbocycles. The molecule has 1 aromatic heterocycles. The Morgan fingerprint density at radius 2 is 2.21 bits per heavy atom. The van der Waals surface area contributed by atoms with E-state index in [-0.39, 0.29) is 11.6 Å². The lowest BCUT2D eigenvalue weighted by molar-refractivity contribution is -0.384. The predicted octanol–water partition coefficient (Wildman–Crippen LogP) is 1.89. The number of nitrogens with zero attached hydrogens (tertiary/aromatic N) is 3. The summed E-state index contributed by atoms with van der Waals surface area (Å²) in [6, 6.07) is 5.79. The van der Waals surface area contributed by atoms with Gasteiger partial charge in [-0.3, -0.25) is 19.6 Å². The zero-order chi connectivity index (χ0) is 14.0. The molecule has 2 rings (SSSR count). The molecule has 0 saturated carbocycles. The second-order valence-corrected chi connectivity index (χ2v) is 4.06. The van der Waals surface area contributed by atoms with E-state index in [1.807, 2.05) is 0 Å². The Morgan fingerprint density at radius 3 is 2.79 bits per heavy atom. The first kappa shape index (κ1) is 12.7. The average molecular weight is 260 g/mol. The van der Waals surface area contributed by atoms with Crippen molar-refractivity contribution in [2.45, 2.75) is 6.92 Å². The fourth-order valence-electron chi connectivity index (χ4n) is 1.72. The van der Waals surface area contributed by atoms with Crippen LogP contribution in [0.25, 0.3) is 0 Å². The number of non-ortho nitro benzene ring substituents is 1. The number of anilines is 1. The summed E-state index contributed by atoms with van der Waals surface area (Å²) in [6.45, 7) is 1.72. The van der Waals surface area contributed by atoms with Gasteiger partial charge in [-0.1, -0.05) is 6.07 Å². The molecule has 1 heterocycles. The van der Waals surface area contributed by atoms with E-state index < -0.39 is 4.92 Å². The number of hydrogen-bond acceptors (Lipinski definition) is 4. The molecule has 7 heteroatoms. The topological polar surface area (TPSA) is 90.1 Å². The van der Waals surface area contributed by atoms with Gasteiger partial charge in [0.2, 0.25) is 0 Å². The maximum Gasteiger partial charge on any atom is 0.271 e. The van der Waals surface area contributed by atoms with Crippen LogP contribution in [0.3, 0.4) is 0 Å². The van der Waals surface area contributed by atoms with E-state index in [1.165, 1.54) is 22.9 Å². The van der Waals surface area contributed by atoms with Gasteiger partial charge in [0.15, 0.2) is 0 Å². The highest BCUT2D eigenvalue weighted by atomic mass is 16.6. The summed E-state index contributed by atoms with van der Waals surface area (Å²) in [6.07, 6.45) is 1.60. The van der Waals surface area contributed by atoms with Gasteiger partial charge in [0.1, 0.15) is 0 Å². The Labute approximate surface area is 109 Å². The van der Waals surface area contributed by atoms with Crippen LogP contribution in [0.5, 0.6) is 0 Å². The van der Waals surface area contributed by atoms with Gasteiger partial charge in [-0.05, 0) is 13.0 Å². The highest BCUT2D eigenvalue weighted by Gasteiger charge is 2.14. The SMILES string of the molecule is Cc1nn(C)cc1C(=O)Nc1cccc([N+](=O)[O-])c1. The molecule has 1 N–H and O–H groups in total. The smallest absolute Gasteiger partial charge is 0.271 e. The molecule has 0 radical (unpaired) electrons. The van der Waals surface area contributed by atoms with E-state index in [4.69, 9.17) is 0 Å². The summed E-state index contributed by atoms with van der Waals surface area (Å²) in [5.41, 5.74) is 1.35. The van der Waals surface area contributed by atoms with Gasteiger partial charge < -0.3 is 5.32 Å². The van der Waals surface area contributed by atoms with Crippen LogP contribution in [0.1, 0.15) is 16.1 Å². The Bertz CT molecular complexity index is 648. The minimum absolute atomic E-state index is 0.0688. The largest absolute Gasteiger partial charge is 0.322 e. The molecule has 1 aromatic carbocycles. The number of hydrogen-bond donors (Lipinski definition) is 1. The van der Waals surface area contributed by atoms with Crippen LogP contribution in [0, 0.1) is 17.0 Å². The van der Waals surface area contributed by atoms with E-state index in [1.54, 1.807) is 26.2 Å². The summed E-state index contributed by atoms with van der Waals surface area (Å²) >= 11 is 0. The monoisotopic (exact) mass is 260 g/mol. The molecule has 1 amide bonds. The van der Waals surface area contributed by atoms with Crippen molar-refractivity contribution in [3.63, 3.8) is 0 Å². The van der Waals surface area contributed by atoms with Crippen molar-refractivity contribution >= 4 is 17.3 Å². The van der Waals surface area contributed by atoms with Crippen molar-refractivity contribution < 1.29 is 9.72 Å². The molecule has 0 bridgehead atoms. The third kappa shape index (κ3) is 2.76. The van der Waals surface area contributed by atoms with Crippen molar-refractivity contribution in [2.24, 2.45) is 7.05 Å². The number of benzene rings is 1. The molecule has 7 nitrogen and oxygen atoms in total. The average Bonchev–Trinajstić information content (AvgIpc) is 2.69. The Kier molecular flexibility index (Phi) is 3.28. The predicted molar refractivity (Wildman–Crippen MR) is 69.0 cm³/mol. The molecule has 0 atom stereocenters. The van der Waals surface area contributed by atoms with Crippen LogP contribution < -0.4 is 5.32 Å². The number of nitro benzene ring substituents is 1. The van der Waals surface area contributed by atoms with E-state index in [2.05, 4.69) is 10.4 Å². The summed E-state index contributed by atoms with van der Waals surface area (Å²) < 4.78 is 1.54. The van der Waals surface area contributed by atoms with Crippen LogP contribution in [-0.4, -0.2) is 20.6 Å². The number of nitrogens with one attached hydrogen (secondary N) is 1. The first-order valence-corrected chi connectivity index (χ1v) is 5.53. The van der Waals surface area contributed by atoms with Gasteiger partial charge >= 0.3 is 0 Å². The first-order chi connectivity index (χ1) is 8.97. The molecule has 0 fully saturated rings. The molecule has 19 heavy (non-hydrogen) atoms. The number of rotatable bonds is 3. The molecular weight excluding hydrogens is 248 g/mol. The Morgan fingerprint density at radius 1 is 1.47 bits per heavy atom. The van der Waals surface area contributed by atoms with Gasteiger partial charge in [0, 0.05) is 31.1 Å². The van der Waals surface area contributed by atoms with Gasteiger partial charge in [0.05, 0.1) is 16.2 Å². The zero-order valence-corrected chi connectivity index (χ0v) is 10.5. The standard InChI is InChI=1S/C12H12N4O3/c1-8-11(7-15(2)14-8)12(17)13-9-4-3-5-10(6-9)16(18)19/h3-7H,1-2H3,(H,13,17). The van der Waals surface area contributed by atoms with E-state index in [9.17, 15) is 14.9 Å². The van der Waals surface area contributed by atoms with E-state index in [0.29, 0.717) is 16.9 Å². The van der Waals surface area contributed by atoms with Crippen LogP contribution in [0.2, 0.25) is 0 Å². The van der Waals surface area contributed by atoms with E-state index >= 15 is 0 Å². The molecule has 0 aliphatic rings. The molecule has 0 saturated heterocycles. The van der Waals surface area contributed by atoms with Crippen LogP contribution in [0.15, 0.2) is 30.5 Å². The maximum atomic E-state index is 12.0. The minimum atomic E-state index is -0.509. The maximum absolute atomic E-state index is 12.0. The van der Waals surface area contributed by atoms with Crippen molar-refractivity contribution in [1.82, 2.24) is 9.78 Å². The van der Waals surface area contributed by atoms with Gasteiger partial charge in [-0.15, -0.1) is 0 Å². The Hall–Kier alpha value is -2.70. The molecular formula is C12H12N4O3. The lowest BCUT2D eigenvalue weighted by Crippen LogP contribution is -2.12. The van der Waals surface area contributed by atoms with Crippen LogP contribution in [0.4, 0.5) is 11.4 Å². The normalized spacial score (nSPS) is 10.2. The highest BCUT2D eigenvalue weighted by Crippen LogP contribution is 2.18. The fraction of sp³-hybridized carbons (Fsp3) is 0.167. The summed E-state index contributed by atoms with van der Waals surface area (Å²) in [5, 5.41) is 17.3. The molecule has 0 spiro atoms. The number of nitro groups is 1. The van der Waals surface area contributed by atoms with Crippen molar-refractivity contribution in [2.75, 3.05) is 5.32 Å². The molecule has 98 valence electrons. The summed E-state index contributed by atoms with van der Waals surface area (Å²) in [5.74, 6) is -0.342. The van der Waals surface area contributed by atoms with Crippen molar-refractivity contribution in [3.8, 4) is 0 Å². The third-order valence-electron chi connectivity index (χ3n) is 2.57. The quantitative estimate of drug-likeness (QED) is 0.674. The number of aromatic nitrogens is 2. The number of amides is 1. The van der Waals surface area contributed by atoms with Crippen molar-refractivity contribution in [1.29, 1.82) is 0 Å². The molecule has 0 aliphatic heterocycles. The minimum Gasteiger partial charge on any atom is -0.322 e. The molecule has 0 unspecified atom stereocenters. The fourth-order valence-corrected chi connectivity index (χ4v) is 1.72.